The third-order valence-corrected chi connectivity index (χ3v) is 15.5. The summed E-state index contributed by atoms with van der Waals surface area (Å²) in [5.41, 5.74) is 9.82. The summed E-state index contributed by atoms with van der Waals surface area (Å²) in [5, 5.41) is 0. The monoisotopic (exact) mass is 600 g/mol. The van der Waals surface area contributed by atoms with Crippen LogP contribution in [0.25, 0.3) is 11.1 Å². The first-order valence-electron chi connectivity index (χ1n) is 12.2. The first kappa shape index (κ1) is 27.5. The van der Waals surface area contributed by atoms with Gasteiger partial charge in [0, 0.05) is 0 Å². The maximum absolute atomic E-state index is 5.73. The summed E-state index contributed by atoms with van der Waals surface area (Å²) in [6, 6.07) is 38.0. The normalized spacial score (nSPS) is 14.6. The number of fused-ring (bicyclic) bond motifs is 3. The molecule has 0 N–H and O–H groups in total. The molecule has 0 fully saturated rings. The zero-order valence-corrected chi connectivity index (χ0v) is 24.9. The van der Waals surface area contributed by atoms with Crippen molar-refractivity contribution in [2.24, 2.45) is 0 Å². The van der Waals surface area contributed by atoms with Crippen LogP contribution in [-0.4, -0.2) is 10.3 Å². The Hall–Kier alpha value is -2.51. The van der Waals surface area contributed by atoms with Gasteiger partial charge in [0.1, 0.15) is 0 Å². The van der Waals surface area contributed by atoms with Crippen molar-refractivity contribution in [1.29, 1.82) is 0 Å². The van der Waals surface area contributed by atoms with Gasteiger partial charge in [-0.15, -0.1) is 0 Å². The molecular weight excluding hydrogens is 574 g/mol. The summed E-state index contributed by atoms with van der Waals surface area (Å²) in [6.45, 7) is 2.25. The molecule has 0 radical (unpaired) electrons. The van der Waals surface area contributed by atoms with Crippen molar-refractivity contribution in [3.8, 4) is 16.9 Å². The molecule has 0 aliphatic heterocycles. The van der Waals surface area contributed by atoms with Crippen LogP contribution in [0.15, 0.2) is 124 Å². The van der Waals surface area contributed by atoms with Gasteiger partial charge >= 0.3 is 217 Å². The molecule has 2 aliphatic carbocycles. The molecule has 0 saturated carbocycles. The molecule has 0 spiro atoms. The number of hydrogen-bond acceptors (Lipinski definition) is 1. The number of benzene rings is 4. The predicted octanol–water partition coefficient (Wildman–Crippen LogP) is 1.89. The van der Waals surface area contributed by atoms with E-state index >= 15 is 0 Å². The molecule has 0 saturated heterocycles. The van der Waals surface area contributed by atoms with Gasteiger partial charge < -0.3 is 24.8 Å². The zero-order valence-electron chi connectivity index (χ0n) is 20.9. The molecule has 2 aliphatic rings. The average molecular weight is 603 g/mol. The van der Waals surface area contributed by atoms with Crippen LogP contribution in [0.4, 0.5) is 0 Å². The Morgan fingerprint density at radius 1 is 0.730 bits per heavy atom. The van der Waals surface area contributed by atoms with E-state index in [1.54, 1.807) is 13.6 Å². The average Bonchev–Trinajstić information content (AvgIpc) is 3.49. The molecule has 4 aromatic rings. The van der Waals surface area contributed by atoms with E-state index in [0.717, 1.165) is 12.2 Å². The van der Waals surface area contributed by atoms with E-state index in [2.05, 4.69) is 122 Å². The van der Waals surface area contributed by atoms with Crippen LogP contribution in [0, 0.1) is 0 Å². The van der Waals surface area contributed by atoms with Crippen molar-refractivity contribution in [2.45, 2.75) is 17.0 Å². The van der Waals surface area contributed by atoms with Crippen LogP contribution < -0.4 is 29.6 Å². The number of ether oxygens (including phenoxy) is 1. The third-order valence-electron chi connectivity index (χ3n) is 7.21. The molecule has 184 valence electrons. The van der Waals surface area contributed by atoms with Gasteiger partial charge in [0.05, 0.1) is 0 Å². The standard InChI is InChI=1S/C14H11O.C13H10.C6H7.2ClH.Zr/c1-15-12-6-7-14-11(9-12)8-10-4-2-3-5-13(10)14;1-3-7-12(8-4-1)11-13-9-5-2-6-10-13;1-6-4-2-3-5-6;;;/h2-9H,1H3;1-10H;4-5H,2H2,1H3;2*1H;/q;;;;;+2/p-2. The first-order chi connectivity index (χ1) is 17.2. The van der Waals surface area contributed by atoms with Gasteiger partial charge in [-0.1, -0.05) is 0 Å². The number of rotatable bonds is 5. The summed E-state index contributed by atoms with van der Waals surface area (Å²) in [4.78, 5) is 0. The van der Waals surface area contributed by atoms with Crippen LogP contribution in [0.2, 0.25) is 0 Å². The van der Waals surface area contributed by atoms with E-state index in [1.807, 2.05) is 0 Å². The number of hydrogen-bond donors (Lipinski definition) is 0. The molecule has 1 nitrogen and oxygen atoms in total. The Kier molecular flexibility index (Phi) is 8.86. The maximum atomic E-state index is 5.73. The Bertz CT molecular complexity index is 1460. The van der Waals surface area contributed by atoms with Crippen LogP contribution in [-0.2, 0) is 21.3 Å². The van der Waals surface area contributed by atoms with Crippen molar-refractivity contribution in [3.63, 3.8) is 0 Å². The van der Waals surface area contributed by atoms with Crippen molar-refractivity contribution >= 4 is 3.21 Å². The molecular formula is C33H28Cl2OZr. The van der Waals surface area contributed by atoms with E-state index < -0.39 is 21.3 Å². The Labute approximate surface area is 239 Å². The second-order valence-corrected chi connectivity index (χ2v) is 15.6. The zero-order chi connectivity index (χ0) is 23.8. The molecule has 0 aromatic heterocycles. The maximum Gasteiger partial charge on any atom is -1.00 e. The van der Waals surface area contributed by atoms with Crippen LogP contribution in [0.3, 0.4) is 0 Å². The molecule has 4 heteroatoms. The fourth-order valence-corrected chi connectivity index (χ4v) is 14.9. The SMILES string of the molecule is COc1ccc2c(c1)[CH]([Zr+2]([C]1=CC(C)=CC1)=[C](c1ccccc1)c1ccccc1)c1ccccc1-2.[Cl-].[Cl-]. The van der Waals surface area contributed by atoms with Crippen molar-refractivity contribution in [3.05, 3.63) is 146 Å². The van der Waals surface area contributed by atoms with E-state index in [4.69, 9.17) is 4.74 Å². The smallest absolute Gasteiger partial charge is 1.00 e. The van der Waals surface area contributed by atoms with Gasteiger partial charge in [-0.25, -0.2) is 0 Å². The Morgan fingerprint density at radius 2 is 1.32 bits per heavy atom. The number of allylic oxidation sites excluding steroid dienone is 4. The molecule has 0 amide bonds. The summed E-state index contributed by atoms with van der Waals surface area (Å²) >= 11 is -2.60. The van der Waals surface area contributed by atoms with Gasteiger partial charge in [0.2, 0.25) is 0 Å². The minimum absolute atomic E-state index is 0. The summed E-state index contributed by atoms with van der Waals surface area (Å²) in [7, 11) is 1.77. The van der Waals surface area contributed by atoms with E-state index in [0.29, 0.717) is 3.63 Å². The third kappa shape index (κ3) is 5.13. The Morgan fingerprint density at radius 3 is 1.92 bits per heavy atom. The Balaban J connectivity index is 0.00000160. The van der Waals surface area contributed by atoms with Crippen LogP contribution >= 0.6 is 0 Å². The van der Waals surface area contributed by atoms with E-state index in [-0.39, 0.29) is 24.8 Å². The van der Waals surface area contributed by atoms with Crippen LogP contribution in [0.1, 0.15) is 39.2 Å². The van der Waals surface area contributed by atoms with Gasteiger partial charge in [-0.2, -0.15) is 0 Å². The van der Waals surface area contributed by atoms with Gasteiger partial charge in [0.15, 0.2) is 0 Å². The molecule has 1 atom stereocenters. The summed E-state index contributed by atoms with van der Waals surface area (Å²) in [6.07, 6.45) is 5.99. The van der Waals surface area contributed by atoms with E-state index in [9.17, 15) is 0 Å². The minimum atomic E-state index is -2.60. The van der Waals surface area contributed by atoms with Crippen molar-refractivity contribution in [2.75, 3.05) is 7.11 Å². The molecule has 37 heavy (non-hydrogen) atoms. The second-order valence-electron chi connectivity index (χ2n) is 9.32. The summed E-state index contributed by atoms with van der Waals surface area (Å²) in [5.74, 6) is 0.944. The van der Waals surface area contributed by atoms with Gasteiger partial charge in [-0.3, -0.25) is 0 Å². The van der Waals surface area contributed by atoms with Crippen LogP contribution in [0.5, 0.6) is 5.75 Å². The summed E-state index contributed by atoms with van der Waals surface area (Å²) < 4.78 is 9.38. The number of methoxy groups -OCH3 is 1. The van der Waals surface area contributed by atoms with Crippen molar-refractivity contribution < 1.29 is 50.8 Å². The fourth-order valence-electron chi connectivity index (χ4n) is 5.65. The van der Waals surface area contributed by atoms with Gasteiger partial charge in [-0.05, 0) is 0 Å². The second kappa shape index (κ2) is 11.9. The quantitative estimate of drug-likeness (QED) is 0.339. The van der Waals surface area contributed by atoms with Gasteiger partial charge in [0.25, 0.3) is 0 Å². The van der Waals surface area contributed by atoms with E-state index in [1.165, 1.54) is 39.0 Å². The topological polar surface area (TPSA) is 9.23 Å². The predicted molar refractivity (Wildman–Crippen MR) is 143 cm³/mol. The number of halogens is 2. The molecule has 1 unspecified atom stereocenters. The molecule has 0 bridgehead atoms. The first-order valence-corrected chi connectivity index (χ1v) is 16.1. The fraction of sp³-hybridized carbons (Fsp3) is 0.121. The van der Waals surface area contributed by atoms with Crippen molar-refractivity contribution in [1.82, 2.24) is 0 Å². The molecule has 4 aromatic carbocycles. The minimum Gasteiger partial charge on any atom is -1.00 e. The molecule has 0 heterocycles. The molecule has 6 rings (SSSR count). The largest absolute Gasteiger partial charge is 1.00 e.